The Morgan fingerprint density at radius 2 is 2.04 bits per heavy atom. The maximum Gasteiger partial charge on any atom is 0.337 e. The Bertz CT molecular complexity index is 826. The Labute approximate surface area is 158 Å². The number of carboxylic acids is 1. The Morgan fingerprint density at radius 1 is 1.22 bits per heavy atom. The highest BCUT2D eigenvalue weighted by molar-refractivity contribution is 5.96. The van der Waals surface area contributed by atoms with Gasteiger partial charge in [0.1, 0.15) is 0 Å². The number of carboxylic acid groups (broad SMARTS) is 1. The lowest BCUT2D eigenvalue weighted by molar-refractivity contribution is -0.128. The molecule has 0 atom stereocenters. The first-order chi connectivity index (χ1) is 13.1. The molecule has 0 saturated carbocycles. The van der Waals surface area contributed by atoms with Crippen molar-refractivity contribution in [2.45, 2.75) is 25.7 Å². The fraction of sp³-hybridized carbons (Fsp3) is 0.450. The van der Waals surface area contributed by atoms with Gasteiger partial charge in [0, 0.05) is 44.4 Å². The van der Waals surface area contributed by atoms with E-state index in [1.54, 1.807) is 18.5 Å². The van der Waals surface area contributed by atoms with E-state index in [2.05, 4.69) is 15.1 Å². The predicted molar refractivity (Wildman–Crippen MR) is 102 cm³/mol. The van der Waals surface area contributed by atoms with Gasteiger partial charge in [0.05, 0.1) is 17.4 Å². The van der Waals surface area contributed by atoms with Gasteiger partial charge in [-0.15, -0.1) is 0 Å². The number of piperidine rings is 1. The number of carbonyl (C=O) groups excluding carboxylic acids is 1. The van der Waals surface area contributed by atoms with E-state index < -0.39 is 5.97 Å². The van der Waals surface area contributed by atoms with E-state index in [0.717, 1.165) is 62.3 Å². The van der Waals surface area contributed by atoms with Crippen molar-refractivity contribution >= 4 is 17.6 Å². The zero-order valence-electron chi connectivity index (χ0n) is 15.2. The van der Waals surface area contributed by atoms with E-state index in [0.29, 0.717) is 17.9 Å². The Balaban J connectivity index is 1.46. The first-order valence-electron chi connectivity index (χ1n) is 9.51. The minimum atomic E-state index is -0.917. The Morgan fingerprint density at radius 3 is 2.67 bits per heavy atom. The molecule has 7 heteroatoms. The van der Waals surface area contributed by atoms with Crippen LogP contribution in [0.4, 0.5) is 5.69 Å². The number of H-pyrrole nitrogens is 1. The maximum absolute atomic E-state index is 11.8. The van der Waals surface area contributed by atoms with Crippen LogP contribution in [0.2, 0.25) is 0 Å². The minimum absolute atomic E-state index is 0.278. The Hall–Kier alpha value is -2.83. The molecule has 2 fully saturated rings. The molecule has 27 heavy (non-hydrogen) atoms. The smallest absolute Gasteiger partial charge is 0.337 e. The lowest BCUT2D eigenvalue weighted by atomic mass is 9.94. The molecule has 0 aliphatic carbocycles. The van der Waals surface area contributed by atoms with Crippen molar-refractivity contribution in [2.24, 2.45) is 5.92 Å². The van der Waals surface area contributed by atoms with Gasteiger partial charge in [-0.1, -0.05) is 6.07 Å². The number of aromatic amines is 1. The van der Waals surface area contributed by atoms with Crippen LogP contribution in [0.15, 0.2) is 30.6 Å². The van der Waals surface area contributed by atoms with Gasteiger partial charge in [0.2, 0.25) is 5.91 Å². The van der Waals surface area contributed by atoms with Crippen LogP contribution in [-0.4, -0.2) is 58.3 Å². The summed E-state index contributed by atoms with van der Waals surface area (Å²) in [6.45, 7) is 3.37. The number of hydrogen-bond acceptors (Lipinski definition) is 4. The summed E-state index contributed by atoms with van der Waals surface area (Å²) in [6, 6.07) is 5.56. The van der Waals surface area contributed by atoms with Crippen molar-refractivity contribution in [3.63, 3.8) is 0 Å². The standard InChI is InChI=1S/C20H24N4O3/c25-19-2-1-7-24(19)13-14-5-8-23(9-6-14)18-4-3-15(10-17(18)20(26)27)16-11-21-22-12-16/h3-4,10-12,14H,1-2,5-9,13H2,(H,21,22)(H,26,27). The predicted octanol–water partition coefficient (Wildman–Crippen LogP) is 2.61. The lowest BCUT2D eigenvalue weighted by Gasteiger charge is -2.36. The average molecular weight is 368 g/mol. The normalized spacial score (nSPS) is 18.3. The molecular formula is C20H24N4O3. The first kappa shape index (κ1) is 17.6. The molecule has 0 unspecified atom stereocenters. The molecule has 0 radical (unpaired) electrons. The fourth-order valence-corrected chi connectivity index (χ4v) is 4.14. The second-order valence-corrected chi connectivity index (χ2v) is 7.40. The third kappa shape index (κ3) is 3.67. The van der Waals surface area contributed by atoms with Gasteiger partial charge in [-0.05, 0) is 42.9 Å². The van der Waals surface area contributed by atoms with Gasteiger partial charge in [-0.2, -0.15) is 5.10 Å². The number of aromatic nitrogens is 2. The van der Waals surface area contributed by atoms with E-state index in [9.17, 15) is 14.7 Å². The summed E-state index contributed by atoms with van der Waals surface area (Å²) in [5, 5.41) is 16.4. The summed E-state index contributed by atoms with van der Waals surface area (Å²) in [6.07, 6.45) is 7.06. The third-order valence-corrected chi connectivity index (χ3v) is 5.66. The van der Waals surface area contributed by atoms with E-state index >= 15 is 0 Å². The first-order valence-corrected chi connectivity index (χ1v) is 9.51. The summed E-state index contributed by atoms with van der Waals surface area (Å²) >= 11 is 0. The second-order valence-electron chi connectivity index (χ2n) is 7.40. The number of nitrogens with zero attached hydrogens (tertiary/aromatic N) is 3. The molecule has 0 spiro atoms. The number of nitrogens with one attached hydrogen (secondary N) is 1. The zero-order chi connectivity index (χ0) is 18.8. The van der Waals surface area contributed by atoms with Crippen molar-refractivity contribution in [3.8, 4) is 11.1 Å². The monoisotopic (exact) mass is 368 g/mol. The molecule has 3 heterocycles. The van der Waals surface area contributed by atoms with Crippen molar-refractivity contribution in [1.82, 2.24) is 15.1 Å². The largest absolute Gasteiger partial charge is 0.478 e. The molecule has 2 N–H and O–H groups in total. The summed E-state index contributed by atoms with van der Waals surface area (Å²) < 4.78 is 0. The number of amides is 1. The molecule has 1 amide bonds. The van der Waals surface area contributed by atoms with Gasteiger partial charge >= 0.3 is 5.97 Å². The fourth-order valence-electron chi connectivity index (χ4n) is 4.14. The third-order valence-electron chi connectivity index (χ3n) is 5.66. The molecule has 2 aromatic rings. The summed E-state index contributed by atoms with van der Waals surface area (Å²) in [4.78, 5) is 27.8. The van der Waals surface area contributed by atoms with Gasteiger partial charge in [0.25, 0.3) is 0 Å². The van der Waals surface area contributed by atoms with Crippen LogP contribution in [0.5, 0.6) is 0 Å². The number of aromatic carboxylic acids is 1. The van der Waals surface area contributed by atoms with Crippen LogP contribution in [0.25, 0.3) is 11.1 Å². The molecule has 2 aliphatic heterocycles. The van der Waals surface area contributed by atoms with E-state index in [1.807, 2.05) is 17.0 Å². The summed E-state index contributed by atoms with van der Waals surface area (Å²) in [7, 11) is 0. The number of carbonyl (C=O) groups is 2. The van der Waals surface area contributed by atoms with E-state index in [4.69, 9.17) is 0 Å². The van der Waals surface area contributed by atoms with Crippen molar-refractivity contribution in [3.05, 3.63) is 36.2 Å². The van der Waals surface area contributed by atoms with Crippen molar-refractivity contribution in [1.29, 1.82) is 0 Å². The van der Waals surface area contributed by atoms with Gasteiger partial charge in [-0.25, -0.2) is 4.79 Å². The molecule has 4 rings (SSSR count). The maximum atomic E-state index is 11.8. The van der Waals surface area contributed by atoms with Gasteiger partial charge in [-0.3, -0.25) is 9.89 Å². The van der Waals surface area contributed by atoms with Crippen LogP contribution in [0.1, 0.15) is 36.0 Å². The average Bonchev–Trinajstić information content (AvgIpc) is 3.34. The van der Waals surface area contributed by atoms with Crippen molar-refractivity contribution in [2.75, 3.05) is 31.1 Å². The minimum Gasteiger partial charge on any atom is -0.478 e. The summed E-state index contributed by atoms with van der Waals surface area (Å²) in [5.74, 6) is -0.137. The highest BCUT2D eigenvalue weighted by Gasteiger charge is 2.27. The molecule has 7 nitrogen and oxygen atoms in total. The lowest BCUT2D eigenvalue weighted by Crippen LogP contribution is -2.39. The molecule has 1 aromatic carbocycles. The molecule has 0 bridgehead atoms. The molecule has 1 aromatic heterocycles. The zero-order valence-corrected chi connectivity index (χ0v) is 15.2. The van der Waals surface area contributed by atoms with Gasteiger partial charge < -0.3 is 14.9 Å². The summed E-state index contributed by atoms with van der Waals surface area (Å²) in [5.41, 5.74) is 2.80. The van der Waals surface area contributed by atoms with Gasteiger partial charge in [0.15, 0.2) is 0 Å². The van der Waals surface area contributed by atoms with E-state index in [-0.39, 0.29) is 5.91 Å². The molecular weight excluding hydrogens is 344 g/mol. The SMILES string of the molecule is O=C(O)c1cc(-c2cn[nH]c2)ccc1N1CCC(CN2CCCC2=O)CC1. The van der Waals surface area contributed by atoms with E-state index in [1.165, 1.54) is 0 Å². The Kier molecular flexibility index (Phi) is 4.83. The van der Waals surface area contributed by atoms with Crippen LogP contribution < -0.4 is 4.90 Å². The van der Waals surface area contributed by atoms with Crippen molar-refractivity contribution < 1.29 is 14.7 Å². The molecule has 142 valence electrons. The number of likely N-dealkylation sites (tertiary alicyclic amines) is 1. The topological polar surface area (TPSA) is 89.5 Å². The number of benzene rings is 1. The highest BCUT2D eigenvalue weighted by Crippen LogP contribution is 2.31. The van der Waals surface area contributed by atoms with Crippen LogP contribution >= 0.6 is 0 Å². The molecule has 2 aliphatic rings. The van der Waals surface area contributed by atoms with Crippen LogP contribution in [0, 0.1) is 5.92 Å². The van der Waals surface area contributed by atoms with Crippen LogP contribution in [0.3, 0.4) is 0 Å². The quantitative estimate of drug-likeness (QED) is 0.847. The highest BCUT2D eigenvalue weighted by atomic mass is 16.4. The molecule has 2 saturated heterocycles. The van der Waals surface area contributed by atoms with Crippen LogP contribution in [-0.2, 0) is 4.79 Å². The second kappa shape index (κ2) is 7.42. The number of hydrogen-bond donors (Lipinski definition) is 2. The number of anilines is 1. The number of rotatable bonds is 5.